The number of amides is 2. The molecule has 1 aliphatic carbocycles. The summed E-state index contributed by atoms with van der Waals surface area (Å²) >= 11 is 8.89. The normalized spacial score (nSPS) is 34.1. The molecule has 0 aromatic heterocycles. The van der Waals surface area contributed by atoms with Crippen molar-refractivity contribution < 1.29 is 14.4 Å². The first-order chi connectivity index (χ1) is 9.78. The minimum absolute atomic E-state index is 0.141. The quantitative estimate of drug-likeness (QED) is 0.568. The van der Waals surface area contributed by atoms with Crippen LogP contribution in [-0.4, -0.2) is 42.1 Å². The summed E-state index contributed by atoms with van der Waals surface area (Å²) in [6.07, 6.45) is 3.69. The third-order valence-electron chi connectivity index (χ3n) is 4.50. The number of imide groups is 1. The summed E-state index contributed by atoms with van der Waals surface area (Å²) in [6.45, 7) is 4.04. The number of fused-ring (bicyclic) bond motifs is 1. The average molecular weight is 348 g/mol. The van der Waals surface area contributed by atoms with Crippen LogP contribution in [0.25, 0.3) is 0 Å². The van der Waals surface area contributed by atoms with Crippen LogP contribution in [0.15, 0.2) is 0 Å². The van der Waals surface area contributed by atoms with Crippen LogP contribution in [0.5, 0.6) is 0 Å². The summed E-state index contributed by atoms with van der Waals surface area (Å²) in [6, 6.07) is 0. The molecule has 2 saturated heterocycles. The molecule has 0 bridgehead atoms. The molecule has 2 atom stereocenters. The zero-order valence-electron chi connectivity index (χ0n) is 12.1. The van der Waals surface area contributed by atoms with Gasteiger partial charge in [-0.15, -0.1) is 23.5 Å². The Bertz CT molecular complexity index is 490. The van der Waals surface area contributed by atoms with Gasteiger partial charge in [0.15, 0.2) is 0 Å². The molecule has 0 aromatic carbocycles. The number of likely N-dealkylation sites (tertiary alicyclic amines) is 1. The van der Waals surface area contributed by atoms with Crippen LogP contribution in [0.4, 0.5) is 0 Å². The van der Waals surface area contributed by atoms with Gasteiger partial charge in [-0.25, -0.2) is 0 Å². The molecule has 3 aliphatic rings. The van der Waals surface area contributed by atoms with Crippen LogP contribution in [0, 0.1) is 0 Å². The van der Waals surface area contributed by atoms with E-state index in [9.17, 15) is 14.4 Å². The summed E-state index contributed by atoms with van der Waals surface area (Å²) in [5.41, 5.74) is -1.09. The van der Waals surface area contributed by atoms with Gasteiger partial charge in [-0.2, -0.15) is 0 Å². The molecular formula is C14H18ClNO3S2. The van der Waals surface area contributed by atoms with Gasteiger partial charge in [0.25, 0.3) is 0 Å². The van der Waals surface area contributed by atoms with Crippen LogP contribution in [0.1, 0.15) is 46.0 Å². The maximum absolute atomic E-state index is 12.8. The number of thioether (sulfide) groups is 2. The highest BCUT2D eigenvalue weighted by molar-refractivity contribution is 8.22. The number of halogens is 1. The Morgan fingerprint density at radius 1 is 1.10 bits per heavy atom. The smallest absolute Gasteiger partial charge is 0.247 e. The van der Waals surface area contributed by atoms with Crippen molar-refractivity contribution in [3.8, 4) is 0 Å². The largest absolute Gasteiger partial charge is 0.279 e. The number of hydrogen-bond donors (Lipinski definition) is 0. The summed E-state index contributed by atoms with van der Waals surface area (Å²) < 4.78 is -0.141. The molecule has 0 N–H and O–H groups in total. The second-order valence-corrected chi connectivity index (χ2v) is 10.5. The molecule has 0 aromatic rings. The molecule has 7 heteroatoms. The summed E-state index contributed by atoms with van der Waals surface area (Å²) in [4.78, 5) is 38.8. The van der Waals surface area contributed by atoms with Crippen molar-refractivity contribution in [3.63, 3.8) is 0 Å². The fraction of sp³-hybridized carbons (Fsp3) is 0.786. The maximum Gasteiger partial charge on any atom is 0.247 e. The highest BCUT2D eigenvalue weighted by atomic mass is 35.5. The van der Waals surface area contributed by atoms with Crippen LogP contribution < -0.4 is 0 Å². The first kappa shape index (κ1) is 15.7. The molecule has 0 spiro atoms. The van der Waals surface area contributed by atoms with E-state index in [0.717, 1.165) is 19.3 Å². The molecule has 3 rings (SSSR count). The van der Waals surface area contributed by atoms with Gasteiger partial charge in [0.1, 0.15) is 16.0 Å². The minimum Gasteiger partial charge on any atom is -0.279 e. The maximum atomic E-state index is 12.8. The summed E-state index contributed by atoms with van der Waals surface area (Å²) in [5, 5.41) is -1.29. The van der Waals surface area contributed by atoms with E-state index in [1.54, 1.807) is 0 Å². The Balaban J connectivity index is 1.95. The van der Waals surface area contributed by atoms with E-state index >= 15 is 0 Å². The minimum atomic E-state index is -1.09. The Morgan fingerprint density at radius 3 is 2.00 bits per heavy atom. The standard InChI is InChI=1S/C14H18ClNO3S2/c1-13(2)20-8-9(21-13)11(18)16(10(8)17)14(12(15)19)6-4-3-5-7-14/h8-9H,3-7H2,1-2H3. The van der Waals surface area contributed by atoms with Crippen molar-refractivity contribution in [3.05, 3.63) is 0 Å². The molecule has 2 aliphatic heterocycles. The average Bonchev–Trinajstić information content (AvgIpc) is 2.85. The van der Waals surface area contributed by atoms with E-state index in [0.29, 0.717) is 12.8 Å². The topological polar surface area (TPSA) is 54.5 Å². The van der Waals surface area contributed by atoms with Crippen LogP contribution in [0.2, 0.25) is 0 Å². The Labute approximate surface area is 137 Å². The van der Waals surface area contributed by atoms with Crippen molar-refractivity contribution in [1.29, 1.82) is 0 Å². The Kier molecular flexibility index (Phi) is 3.86. The first-order valence-corrected chi connectivity index (χ1v) is 9.36. The molecule has 2 amide bonds. The van der Waals surface area contributed by atoms with Crippen molar-refractivity contribution in [2.45, 2.75) is 66.1 Å². The first-order valence-electron chi connectivity index (χ1n) is 7.22. The monoisotopic (exact) mass is 347 g/mol. The van der Waals surface area contributed by atoms with E-state index in [2.05, 4.69) is 0 Å². The zero-order valence-corrected chi connectivity index (χ0v) is 14.4. The van der Waals surface area contributed by atoms with Gasteiger partial charge >= 0.3 is 0 Å². The molecule has 3 fully saturated rings. The molecular weight excluding hydrogens is 330 g/mol. The van der Waals surface area contributed by atoms with E-state index in [-0.39, 0.29) is 26.4 Å². The molecule has 4 nitrogen and oxygen atoms in total. The number of nitrogens with zero attached hydrogens (tertiary/aromatic N) is 1. The molecule has 2 unspecified atom stereocenters. The summed E-state index contributed by atoms with van der Waals surface area (Å²) in [5.74, 6) is -0.437. The molecule has 21 heavy (non-hydrogen) atoms. The third kappa shape index (κ3) is 2.34. The molecule has 0 radical (unpaired) electrons. The van der Waals surface area contributed by atoms with Gasteiger partial charge in [-0.1, -0.05) is 19.3 Å². The summed E-state index contributed by atoms with van der Waals surface area (Å²) in [7, 11) is 0. The van der Waals surface area contributed by atoms with E-state index in [1.807, 2.05) is 13.8 Å². The zero-order chi connectivity index (χ0) is 15.4. The highest BCUT2D eigenvalue weighted by Crippen LogP contribution is 2.56. The van der Waals surface area contributed by atoms with Crippen molar-refractivity contribution in [1.82, 2.24) is 4.90 Å². The lowest BCUT2D eigenvalue weighted by Gasteiger charge is -2.40. The van der Waals surface area contributed by atoms with Gasteiger partial charge in [-0.3, -0.25) is 19.3 Å². The van der Waals surface area contributed by atoms with Gasteiger partial charge < -0.3 is 0 Å². The lowest BCUT2D eigenvalue weighted by Crippen LogP contribution is -2.57. The van der Waals surface area contributed by atoms with Gasteiger partial charge in [0.05, 0.1) is 4.08 Å². The second-order valence-electron chi connectivity index (χ2n) is 6.35. The van der Waals surface area contributed by atoms with Crippen molar-refractivity contribution >= 4 is 52.2 Å². The Hall–Kier alpha value is -0.200. The number of carbonyl (C=O) groups is 3. The van der Waals surface area contributed by atoms with Crippen LogP contribution in [0.3, 0.4) is 0 Å². The molecule has 2 heterocycles. The van der Waals surface area contributed by atoms with Gasteiger partial charge in [0.2, 0.25) is 17.1 Å². The molecule has 116 valence electrons. The van der Waals surface area contributed by atoms with E-state index < -0.39 is 10.8 Å². The van der Waals surface area contributed by atoms with Crippen molar-refractivity contribution in [2.75, 3.05) is 0 Å². The van der Waals surface area contributed by atoms with E-state index in [4.69, 9.17) is 11.6 Å². The predicted octanol–water partition coefficient (Wildman–Crippen LogP) is 2.78. The van der Waals surface area contributed by atoms with Gasteiger partial charge in [0, 0.05) is 0 Å². The molecule has 1 saturated carbocycles. The lowest BCUT2D eigenvalue weighted by atomic mass is 9.81. The Morgan fingerprint density at radius 2 is 1.57 bits per heavy atom. The highest BCUT2D eigenvalue weighted by Gasteiger charge is 2.62. The SMILES string of the molecule is CC1(C)SC2C(=O)N(C3(C(=O)Cl)CCCCC3)C(=O)C2S1. The van der Waals surface area contributed by atoms with E-state index in [1.165, 1.54) is 28.4 Å². The van der Waals surface area contributed by atoms with Crippen LogP contribution >= 0.6 is 35.1 Å². The third-order valence-corrected chi connectivity index (χ3v) is 8.19. The number of hydrogen-bond acceptors (Lipinski definition) is 5. The fourth-order valence-corrected chi connectivity index (χ4v) is 7.12. The second kappa shape index (κ2) is 5.17. The van der Waals surface area contributed by atoms with Gasteiger partial charge in [-0.05, 0) is 38.3 Å². The van der Waals surface area contributed by atoms with Crippen molar-refractivity contribution in [2.24, 2.45) is 0 Å². The number of rotatable bonds is 2. The van der Waals surface area contributed by atoms with Crippen LogP contribution in [-0.2, 0) is 14.4 Å². The fourth-order valence-electron chi connectivity index (χ4n) is 3.55. The number of carbonyl (C=O) groups excluding carboxylic acids is 3. The predicted molar refractivity (Wildman–Crippen MR) is 85.4 cm³/mol. The lowest BCUT2D eigenvalue weighted by molar-refractivity contribution is -0.152.